The van der Waals surface area contributed by atoms with E-state index in [2.05, 4.69) is 61.5 Å². The minimum atomic E-state index is -0.285. The molecule has 0 bridgehead atoms. The number of rotatable bonds is 2. The second-order valence-corrected chi connectivity index (χ2v) is 9.77. The zero-order valence-corrected chi connectivity index (χ0v) is 18.1. The van der Waals surface area contributed by atoms with E-state index in [0.29, 0.717) is 43.8 Å². The molecule has 4 aromatic heterocycles. The fourth-order valence-corrected chi connectivity index (χ4v) is 4.08. The van der Waals surface area contributed by atoms with Crippen molar-refractivity contribution in [3.8, 4) is 0 Å². The van der Waals surface area contributed by atoms with Gasteiger partial charge in [-0.3, -0.25) is 0 Å². The van der Waals surface area contributed by atoms with Gasteiger partial charge in [0.1, 0.15) is 34.3 Å². The minimum Gasteiger partial charge on any atom is -0.383 e. The Hall–Kier alpha value is -2.95. The Kier molecular flexibility index (Phi) is 5.13. The summed E-state index contributed by atoms with van der Waals surface area (Å²) >= 11 is 1.36. The first-order valence-electron chi connectivity index (χ1n) is 9.15. The number of nitrogens with zero attached hydrogens (tertiary/aromatic N) is 8. The number of hydrogen-bond donors (Lipinski definition) is 2. The molecular formula is C19H28N10S. The number of aromatic nitrogens is 8. The Morgan fingerprint density at radius 2 is 1.07 bits per heavy atom. The molecular weight excluding hydrogens is 400 g/mol. The molecule has 11 heteroatoms. The second kappa shape index (κ2) is 7.08. The molecule has 0 aliphatic rings. The number of nitrogen functional groups attached to an aromatic ring is 2. The summed E-state index contributed by atoms with van der Waals surface area (Å²) in [4.78, 5) is 17.1. The van der Waals surface area contributed by atoms with Crippen LogP contribution in [0.1, 0.15) is 49.0 Å². The molecule has 0 radical (unpaired) electrons. The van der Waals surface area contributed by atoms with Crippen molar-refractivity contribution in [2.24, 2.45) is 0 Å². The summed E-state index contributed by atoms with van der Waals surface area (Å²) in [5.74, 6) is 0.744. The summed E-state index contributed by atoms with van der Waals surface area (Å²) in [6, 6.07) is 0. The van der Waals surface area contributed by atoms with E-state index in [-0.39, 0.29) is 18.5 Å². The Balaban J connectivity index is 0.00000256. The Morgan fingerprint density at radius 3 is 1.40 bits per heavy atom. The SMILES string of the molecule is C.CC(C)(C)n1nc(Sc2nn(C(C)(C)C)c3ncnc(N)c23)c2c(N)ncnc21. The van der Waals surface area contributed by atoms with E-state index in [1.165, 1.54) is 24.4 Å². The molecule has 0 spiro atoms. The van der Waals surface area contributed by atoms with E-state index >= 15 is 0 Å². The zero-order chi connectivity index (χ0) is 21.1. The van der Waals surface area contributed by atoms with Crippen LogP contribution in [0.25, 0.3) is 22.1 Å². The predicted molar refractivity (Wildman–Crippen MR) is 120 cm³/mol. The van der Waals surface area contributed by atoms with E-state index in [1.807, 2.05) is 9.36 Å². The van der Waals surface area contributed by atoms with Crippen molar-refractivity contribution in [3.63, 3.8) is 0 Å². The number of fused-ring (bicyclic) bond motifs is 2. The lowest BCUT2D eigenvalue weighted by molar-refractivity contribution is 0.359. The highest BCUT2D eigenvalue weighted by Gasteiger charge is 2.27. The van der Waals surface area contributed by atoms with Crippen molar-refractivity contribution in [1.82, 2.24) is 39.5 Å². The van der Waals surface area contributed by atoms with E-state index in [0.717, 1.165) is 0 Å². The second-order valence-electron chi connectivity index (χ2n) is 8.79. The lowest BCUT2D eigenvalue weighted by Gasteiger charge is -2.19. The molecule has 0 saturated heterocycles. The van der Waals surface area contributed by atoms with Crippen LogP contribution in [-0.2, 0) is 11.1 Å². The van der Waals surface area contributed by atoms with Crippen LogP contribution in [-0.4, -0.2) is 39.5 Å². The highest BCUT2D eigenvalue weighted by molar-refractivity contribution is 7.99. The normalized spacial score (nSPS) is 12.5. The molecule has 0 fully saturated rings. The summed E-state index contributed by atoms with van der Waals surface area (Å²) < 4.78 is 3.71. The average molecular weight is 429 g/mol. The van der Waals surface area contributed by atoms with Gasteiger partial charge < -0.3 is 11.5 Å². The number of hydrogen-bond acceptors (Lipinski definition) is 9. The van der Waals surface area contributed by atoms with Crippen molar-refractivity contribution in [2.75, 3.05) is 11.5 Å². The van der Waals surface area contributed by atoms with Gasteiger partial charge in [0, 0.05) is 0 Å². The fraction of sp³-hybridized carbons (Fsp3) is 0.474. The Labute approximate surface area is 179 Å². The highest BCUT2D eigenvalue weighted by Crippen LogP contribution is 2.40. The predicted octanol–water partition coefficient (Wildman–Crippen LogP) is 3.43. The van der Waals surface area contributed by atoms with Gasteiger partial charge in [0.25, 0.3) is 0 Å². The molecule has 4 N–H and O–H groups in total. The van der Waals surface area contributed by atoms with Crippen LogP contribution >= 0.6 is 11.8 Å². The molecule has 0 atom stereocenters. The fourth-order valence-electron chi connectivity index (χ4n) is 3.06. The van der Waals surface area contributed by atoms with Crippen LogP contribution in [0.4, 0.5) is 11.6 Å². The summed E-state index contributed by atoms with van der Waals surface area (Å²) in [7, 11) is 0. The van der Waals surface area contributed by atoms with E-state index in [9.17, 15) is 0 Å². The smallest absolute Gasteiger partial charge is 0.165 e. The first-order chi connectivity index (χ1) is 13.5. The van der Waals surface area contributed by atoms with Gasteiger partial charge in [-0.1, -0.05) is 7.43 Å². The molecule has 0 aliphatic heterocycles. The van der Waals surface area contributed by atoms with Gasteiger partial charge in [-0.05, 0) is 53.3 Å². The summed E-state index contributed by atoms with van der Waals surface area (Å²) in [5, 5.41) is 12.3. The maximum atomic E-state index is 6.19. The van der Waals surface area contributed by atoms with Crippen molar-refractivity contribution in [1.29, 1.82) is 0 Å². The van der Waals surface area contributed by atoms with Crippen molar-refractivity contribution in [3.05, 3.63) is 12.7 Å². The minimum absolute atomic E-state index is 0. The molecule has 0 amide bonds. The molecule has 0 aromatic carbocycles. The maximum absolute atomic E-state index is 6.19. The highest BCUT2D eigenvalue weighted by atomic mass is 32.2. The summed E-state index contributed by atoms with van der Waals surface area (Å²) in [6.07, 6.45) is 2.90. The molecule has 4 aromatic rings. The summed E-state index contributed by atoms with van der Waals surface area (Å²) in [5.41, 5.74) is 13.2. The van der Waals surface area contributed by atoms with Crippen LogP contribution in [0.5, 0.6) is 0 Å². The quantitative estimate of drug-likeness (QED) is 0.491. The van der Waals surface area contributed by atoms with Gasteiger partial charge in [0.15, 0.2) is 11.3 Å². The zero-order valence-electron chi connectivity index (χ0n) is 17.3. The molecule has 4 heterocycles. The van der Waals surface area contributed by atoms with Crippen molar-refractivity contribution in [2.45, 2.75) is 70.1 Å². The lowest BCUT2D eigenvalue weighted by Crippen LogP contribution is -2.23. The van der Waals surface area contributed by atoms with Gasteiger partial charge in [0.05, 0.1) is 21.9 Å². The Morgan fingerprint density at radius 1 is 0.700 bits per heavy atom. The summed E-state index contributed by atoms with van der Waals surface area (Å²) in [6.45, 7) is 12.3. The topological polar surface area (TPSA) is 139 Å². The van der Waals surface area contributed by atoms with Gasteiger partial charge >= 0.3 is 0 Å². The van der Waals surface area contributed by atoms with Crippen LogP contribution < -0.4 is 11.5 Å². The van der Waals surface area contributed by atoms with Crippen molar-refractivity contribution >= 4 is 45.5 Å². The van der Waals surface area contributed by atoms with Gasteiger partial charge in [-0.2, -0.15) is 10.2 Å². The van der Waals surface area contributed by atoms with E-state index in [1.54, 1.807) is 0 Å². The lowest BCUT2D eigenvalue weighted by atomic mass is 10.1. The third kappa shape index (κ3) is 3.42. The molecule has 160 valence electrons. The van der Waals surface area contributed by atoms with Gasteiger partial charge in [-0.25, -0.2) is 29.3 Å². The van der Waals surface area contributed by atoms with E-state index in [4.69, 9.17) is 21.7 Å². The van der Waals surface area contributed by atoms with Crippen LogP contribution in [0.15, 0.2) is 22.7 Å². The van der Waals surface area contributed by atoms with Crippen LogP contribution in [0.2, 0.25) is 0 Å². The molecule has 0 saturated carbocycles. The molecule has 30 heavy (non-hydrogen) atoms. The Bertz CT molecular complexity index is 1130. The maximum Gasteiger partial charge on any atom is 0.165 e. The van der Waals surface area contributed by atoms with E-state index < -0.39 is 0 Å². The molecule has 10 nitrogen and oxygen atoms in total. The first kappa shape index (κ1) is 21.8. The van der Waals surface area contributed by atoms with Crippen LogP contribution in [0.3, 0.4) is 0 Å². The third-order valence-electron chi connectivity index (χ3n) is 4.39. The molecule has 0 aliphatic carbocycles. The molecule has 4 rings (SSSR count). The third-order valence-corrected chi connectivity index (χ3v) is 5.35. The van der Waals surface area contributed by atoms with Gasteiger partial charge in [-0.15, -0.1) is 0 Å². The van der Waals surface area contributed by atoms with Gasteiger partial charge in [0.2, 0.25) is 0 Å². The number of nitrogens with two attached hydrogens (primary N) is 2. The standard InChI is InChI=1S/C18H24N10S.CH4/c1-17(2,3)27-13-9(11(19)21-7-23-13)15(25-27)29-16-10-12(20)22-8-24-14(10)28(26-16)18(4,5)6;/h7-8H,1-6H3,(H2,19,21,23)(H2,20,22,24);1H4. The number of anilines is 2. The largest absolute Gasteiger partial charge is 0.383 e. The monoisotopic (exact) mass is 428 g/mol. The van der Waals surface area contributed by atoms with Crippen LogP contribution in [0, 0.1) is 0 Å². The average Bonchev–Trinajstić information content (AvgIpc) is 3.16. The molecule has 0 unspecified atom stereocenters. The van der Waals surface area contributed by atoms with Crippen molar-refractivity contribution < 1.29 is 0 Å². The first-order valence-corrected chi connectivity index (χ1v) is 9.97.